The predicted octanol–water partition coefficient (Wildman–Crippen LogP) is 4.91. The molecule has 2 rings (SSSR count). The molecule has 2 heteroatoms. The van der Waals surface area contributed by atoms with Crippen molar-refractivity contribution in [2.45, 2.75) is 33.6 Å². The van der Waals surface area contributed by atoms with Gasteiger partial charge in [0, 0.05) is 0 Å². The predicted molar refractivity (Wildman–Crippen MR) is 92.9 cm³/mol. The second-order valence-electron chi connectivity index (χ2n) is 6.47. The van der Waals surface area contributed by atoms with Gasteiger partial charge in [0.05, 0.1) is 0 Å². The summed E-state index contributed by atoms with van der Waals surface area (Å²) < 4.78 is 13.4. The van der Waals surface area contributed by atoms with Crippen LogP contribution in [0.25, 0.3) is 11.1 Å². The van der Waals surface area contributed by atoms with E-state index < -0.39 is 0 Å². The maximum absolute atomic E-state index is 13.4. The highest BCUT2D eigenvalue weighted by atomic mass is 19.1. The van der Waals surface area contributed by atoms with Crippen molar-refractivity contribution in [3.8, 4) is 11.1 Å². The summed E-state index contributed by atoms with van der Waals surface area (Å²) in [6.07, 6.45) is 2.18. The van der Waals surface area contributed by atoms with Gasteiger partial charge in [-0.2, -0.15) is 0 Å². The van der Waals surface area contributed by atoms with Gasteiger partial charge in [-0.05, 0) is 94.2 Å². The van der Waals surface area contributed by atoms with E-state index in [1.807, 2.05) is 13.0 Å². The molecule has 0 bridgehead atoms. The van der Waals surface area contributed by atoms with Crippen molar-refractivity contribution < 1.29 is 4.39 Å². The lowest BCUT2D eigenvalue weighted by molar-refractivity contribution is 0.400. The quantitative estimate of drug-likeness (QED) is 0.758. The smallest absolute Gasteiger partial charge is 0.123 e. The van der Waals surface area contributed by atoms with Crippen LogP contribution >= 0.6 is 0 Å². The molecule has 0 aliphatic carbocycles. The molecular weight excluding hydrogens is 273 g/mol. The van der Waals surface area contributed by atoms with E-state index in [0.717, 1.165) is 30.5 Å². The van der Waals surface area contributed by atoms with Crippen LogP contribution in [0, 0.1) is 26.6 Å². The zero-order valence-electron chi connectivity index (χ0n) is 14.3. The number of benzene rings is 2. The maximum atomic E-state index is 13.4. The summed E-state index contributed by atoms with van der Waals surface area (Å²) in [5, 5.41) is 0. The minimum Gasteiger partial charge on any atom is -0.309 e. The third-order valence-electron chi connectivity index (χ3n) is 4.13. The normalized spacial score (nSPS) is 11.2. The summed E-state index contributed by atoms with van der Waals surface area (Å²) in [4.78, 5) is 2.21. The Morgan fingerprint density at radius 1 is 0.909 bits per heavy atom. The average molecular weight is 299 g/mol. The van der Waals surface area contributed by atoms with Gasteiger partial charge in [-0.1, -0.05) is 23.8 Å². The fourth-order valence-corrected chi connectivity index (χ4v) is 3.07. The summed E-state index contributed by atoms with van der Waals surface area (Å²) in [6, 6.07) is 9.57. The van der Waals surface area contributed by atoms with Crippen molar-refractivity contribution in [2.24, 2.45) is 0 Å². The van der Waals surface area contributed by atoms with Crippen LogP contribution in [0.4, 0.5) is 4.39 Å². The molecular formula is C20H26FN. The second-order valence-corrected chi connectivity index (χ2v) is 6.47. The summed E-state index contributed by atoms with van der Waals surface area (Å²) in [5.41, 5.74) is 7.38. The molecule has 0 spiro atoms. The van der Waals surface area contributed by atoms with E-state index in [1.54, 1.807) is 12.1 Å². The van der Waals surface area contributed by atoms with E-state index in [0.29, 0.717) is 0 Å². The molecule has 0 amide bonds. The lowest BCUT2D eigenvalue weighted by atomic mass is 9.89. The number of nitrogens with zero attached hydrogens (tertiary/aromatic N) is 1. The molecule has 2 aromatic carbocycles. The van der Waals surface area contributed by atoms with Gasteiger partial charge in [-0.25, -0.2) is 4.39 Å². The second kappa shape index (κ2) is 7.06. The molecule has 2 aromatic rings. The van der Waals surface area contributed by atoms with E-state index in [1.165, 1.54) is 22.3 Å². The summed E-state index contributed by atoms with van der Waals surface area (Å²) in [5.74, 6) is -0.167. The van der Waals surface area contributed by atoms with E-state index in [2.05, 4.69) is 45.0 Å². The first-order valence-electron chi connectivity index (χ1n) is 7.90. The van der Waals surface area contributed by atoms with Crippen molar-refractivity contribution in [2.75, 3.05) is 20.6 Å². The summed E-state index contributed by atoms with van der Waals surface area (Å²) >= 11 is 0. The van der Waals surface area contributed by atoms with Crippen LogP contribution in [0.5, 0.6) is 0 Å². The Morgan fingerprint density at radius 2 is 1.64 bits per heavy atom. The summed E-state index contributed by atoms with van der Waals surface area (Å²) in [6.45, 7) is 7.37. The van der Waals surface area contributed by atoms with Crippen molar-refractivity contribution in [3.05, 3.63) is 58.4 Å². The van der Waals surface area contributed by atoms with Crippen LogP contribution in [-0.2, 0) is 6.42 Å². The molecule has 0 aromatic heterocycles. The van der Waals surface area contributed by atoms with E-state index in [9.17, 15) is 4.39 Å². The van der Waals surface area contributed by atoms with E-state index >= 15 is 0 Å². The minimum atomic E-state index is -0.167. The van der Waals surface area contributed by atoms with Gasteiger partial charge in [0.25, 0.3) is 0 Å². The van der Waals surface area contributed by atoms with Gasteiger partial charge in [-0.15, -0.1) is 0 Å². The zero-order chi connectivity index (χ0) is 16.3. The molecule has 0 saturated carbocycles. The number of rotatable bonds is 5. The Bertz CT molecular complexity index is 659. The highest BCUT2D eigenvalue weighted by Gasteiger charge is 2.12. The number of hydrogen-bond acceptors (Lipinski definition) is 1. The first kappa shape index (κ1) is 16.7. The minimum absolute atomic E-state index is 0.167. The molecule has 22 heavy (non-hydrogen) atoms. The Labute approximate surface area is 133 Å². The van der Waals surface area contributed by atoms with Crippen molar-refractivity contribution in [3.63, 3.8) is 0 Å². The van der Waals surface area contributed by atoms with Crippen LogP contribution in [0.15, 0.2) is 30.3 Å². The Balaban J connectivity index is 2.44. The molecule has 1 nitrogen and oxygen atoms in total. The fourth-order valence-electron chi connectivity index (χ4n) is 3.07. The van der Waals surface area contributed by atoms with Gasteiger partial charge >= 0.3 is 0 Å². The molecule has 0 aliphatic heterocycles. The zero-order valence-corrected chi connectivity index (χ0v) is 14.3. The number of halogens is 1. The fraction of sp³-hybridized carbons (Fsp3) is 0.400. The molecule has 0 fully saturated rings. The highest BCUT2D eigenvalue weighted by Crippen LogP contribution is 2.31. The molecule has 118 valence electrons. The van der Waals surface area contributed by atoms with Gasteiger partial charge < -0.3 is 4.90 Å². The average Bonchev–Trinajstić information content (AvgIpc) is 2.40. The monoisotopic (exact) mass is 299 g/mol. The third-order valence-corrected chi connectivity index (χ3v) is 4.13. The summed E-state index contributed by atoms with van der Waals surface area (Å²) in [7, 11) is 4.21. The lowest BCUT2D eigenvalue weighted by Gasteiger charge is -2.17. The van der Waals surface area contributed by atoms with Crippen molar-refractivity contribution >= 4 is 0 Å². The Kier molecular flexibility index (Phi) is 5.36. The molecule has 0 saturated heterocycles. The highest BCUT2D eigenvalue weighted by molar-refractivity contribution is 5.72. The first-order valence-corrected chi connectivity index (χ1v) is 7.90. The first-order chi connectivity index (χ1) is 10.4. The Hall–Kier alpha value is -1.67. The van der Waals surface area contributed by atoms with Crippen LogP contribution in [0.3, 0.4) is 0 Å². The van der Waals surface area contributed by atoms with Crippen molar-refractivity contribution in [1.29, 1.82) is 0 Å². The number of hydrogen-bond donors (Lipinski definition) is 0. The third kappa shape index (κ3) is 3.95. The van der Waals surface area contributed by atoms with Crippen molar-refractivity contribution in [1.82, 2.24) is 4.90 Å². The molecule has 0 aliphatic rings. The molecule has 0 atom stereocenters. The maximum Gasteiger partial charge on any atom is 0.123 e. The van der Waals surface area contributed by atoms with Crippen LogP contribution < -0.4 is 0 Å². The lowest BCUT2D eigenvalue weighted by Crippen LogP contribution is -2.14. The van der Waals surface area contributed by atoms with Gasteiger partial charge in [0.15, 0.2) is 0 Å². The van der Waals surface area contributed by atoms with Crippen LogP contribution in [0.1, 0.15) is 28.7 Å². The van der Waals surface area contributed by atoms with Gasteiger partial charge in [-0.3, -0.25) is 0 Å². The molecule has 0 unspecified atom stereocenters. The molecule has 0 heterocycles. The van der Waals surface area contributed by atoms with Gasteiger partial charge in [0.2, 0.25) is 0 Å². The SMILES string of the molecule is Cc1cc(C)c(CCCN(C)C)c(-c2ccc(F)cc2C)c1. The van der Waals surface area contributed by atoms with E-state index in [-0.39, 0.29) is 5.82 Å². The Morgan fingerprint density at radius 3 is 2.27 bits per heavy atom. The topological polar surface area (TPSA) is 3.24 Å². The van der Waals surface area contributed by atoms with Crippen LogP contribution in [-0.4, -0.2) is 25.5 Å². The van der Waals surface area contributed by atoms with Gasteiger partial charge in [0.1, 0.15) is 5.82 Å². The largest absolute Gasteiger partial charge is 0.309 e. The van der Waals surface area contributed by atoms with Crippen LogP contribution in [0.2, 0.25) is 0 Å². The number of aryl methyl sites for hydroxylation is 3. The van der Waals surface area contributed by atoms with E-state index in [4.69, 9.17) is 0 Å². The molecule has 0 radical (unpaired) electrons. The molecule has 0 N–H and O–H groups in total. The standard InChI is InChI=1S/C20H26FN/c1-14-11-15(2)18(7-6-10-22(4)5)20(12-14)19-9-8-17(21)13-16(19)3/h8-9,11-13H,6-7,10H2,1-5H3.